The number of rotatable bonds is 4. The fourth-order valence-electron chi connectivity index (χ4n) is 2.92. The summed E-state index contributed by atoms with van der Waals surface area (Å²) < 4.78 is 0. The molecule has 110 valence electrons. The third-order valence-electron chi connectivity index (χ3n) is 3.87. The number of aromatic nitrogens is 1. The van der Waals surface area contributed by atoms with E-state index in [1.54, 1.807) is 0 Å². The van der Waals surface area contributed by atoms with E-state index in [4.69, 9.17) is 5.73 Å². The molecule has 1 atom stereocenters. The van der Waals surface area contributed by atoms with Gasteiger partial charge < -0.3 is 16.0 Å². The Labute approximate surface area is 120 Å². The molecule has 0 spiro atoms. The van der Waals surface area contributed by atoms with Crippen LogP contribution < -0.4 is 16.0 Å². The van der Waals surface area contributed by atoms with Gasteiger partial charge in [0, 0.05) is 25.3 Å². The Morgan fingerprint density at radius 2 is 2.25 bits per heavy atom. The van der Waals surface area contributed by atoms with Gasteiger partial charge in [-0.05, 0) is 39.3 Å². The fourth-order valence-corrected chi connectivity index (χ4v) is 2.92. The van der Waals surface area contributed by atoms with Crippen LogP contribution in [0.3, 0.4) is 0 Å². The van der Waals surface area contributed by atoms with Crippen molar-refractivity contribution in [2.45, 2.75) is 39.2 Å². The summed E-state index contributed by atoms with van der Waals surface area (Å²) >= 11 is 0. The Kier molecular flexibility index (Phi) is 4.60. The minimum Gasteiger partial charge on any atom is -0.372 e. The zero-order chi connectivity index (χ0) is 14.7. The first-order valence-electron chi connectivity index (χ1n) is 7.21. The standard InChI is InChI=1S/C15H24N4O/c1-10-8-13(14(15(16)20)11(2)18-10)19(3)9-12-6-4-5-7-17-12/h8,12,17H,4-7,9H2,1-3H3,(H2,16,20). The van der Waals surface area contributed by atoms with E-state index >= 15 is 0 Å². The molecule has 1 saturated heterocycles. The molecule has 1 fully saturated rings. The summed E-state index contributed by atoms with van der Waals surface area (Å²) in [5, 5.41) is 3.52. The Morgan fingerprint density at radius 1 is 1.50 bits per heavy atom. The van der Waals surface area contributed by atoms with Crippen molar-refractivity contribution in [2.24, 2.45) is 5.73 Å². The van der Waals surface area contributed by atoms with E-state index in [1.807, 2.05) is 27.0 Å². The Morgan fingerprint density at radius 3 is 2.85 bits per heavy atom. The average Bonchev–Trinajstić information content (AvgIpc) is 2.38. The zero-order valence-corrected chi connectivity index (χ0v) is 12.6. The van der Waals surface area contributed by atoms with Gasteiger partial charge in [0.25, 0.3) is 5.91 Å². The number of nitrogens with two attached hydrogens (primary N) is 1. The van der Waals surface area contributed by atoms with Gasteiger partial charge in [0.15, 0.2) is 0 Å². The highest BCUT2D eigenvalue weighted by molar-refractivity contribution is 5.99. The number of hydrogen-bond acceptors (Lipinski definition) is 4. The lowest BCUT2D eigenvalue weighted by atomic mass is 10.0. The third kappa shape index (κ3) is 3.28. The number of aryl methyl sites for hydroxylation is 2. The number of anilines is 1. The molecule has 1 aromatic heterocycles. The Hall–Kier alpha value is -1.62. The highest BCUT2D eigenvalue weighted by Crippen LogP contribution is 2.23. The molecule has 1 aliphatic heterocycles. The normalized spacial score (nSPS) is 18.9. The number of carbonyl (C=O) groups excluding carboxylic acids is 1. The van der Waals surface area contributed by atoms with Crippen LogP contribution in [-0.4, -0.2) is 37.1 Å². The second-order valence-corrected chi connectivity index (χ2v) is 5.63. The monoisotopic (exact) mass is 276 g/mol. The van der Waals surface area contributed by atoms with Crippen molar-refractivity contribution in [3.8, 4) is 0 Å². The van der Waals surface area contributed by atoms with Crippen molar-refractivity contribution < 1.29 is 4.79 Å². The largest absolute Gasteiger partial charge is 0.372 e. The SMILES string of the molecule is Cc1cc(N(C)CC2CCCCN2)c(C(N)=O)c(C)n1. The first kappa shape index (κ1) is 14.8. The maximum absolute atomic E-state index is 11.7. The van der Waals surface area contributed by atoms with Gasteiger partial charge in [-0.1, -0.05) is 6.42 Å². The molecule has 0 radical (unpaired) electrons. The molecule has 1 unspecified atom stereocenters. The van der Waals surface area contributed by atoms with Gasteiger partial charge in [0.1, 0.15) is 0 Å². The van der Waals surface area contributed by atoms with Crippen molar-refractivity contribution in [1.82, 2.24) is 10.3 Å². The predicted molar refractivity (Wildman–Crippen MR) is 81.1 cm³/mol. The van der Waals surface area contributed by atoms with E-state index in [2.05, 4.69) is 15.2 Å². The van der Waals surface area contributed by atoms with Gasteiger partial charge in [0.2, 0.25) is 0 Å². The summed E-state index contributed by atoms with van der Waals surface area (Å²) in [5.41, 5.74) is 8.55. The van der Waals surface area contributed by atoms with Crippen LogP contribution in [0.25, 0.3) is 0 Å². The van der Waals surface area contributed by atoms with Crippen LogP contribution in [0.5, 0.6) is 0 Å². The molecule has 1 aliphatic rings. The topological polar surface area (TPSA) is 71.2 Å². The average molecular weight is 276 g/mol. The lowest BCUT2D eigenvalue weighted by Gasteiger charge is -2.30. The van der Waals surface area contributed by atoms with Gasteiger partial charge in [-0.3, -0.25) is 9.78 Å². The number of nitrogens with one attached hydrogen (secondary N) is 1. The number of pyridine rings is 1. The molecular formula is C15H24N4O. The summed E-state index contributed by atoms with van der Waals surface area (Å²) in [5.74, 6) is -0.409. The fraction of sp³-hybridized carbons (Fsp3) is 0.600. The summed E-state index contributed by atoms with van der Waals surface area (Å²) in [7, 11) is 2.01. The van der Waals surface area contributed by atoms with Crippen LogP contribution in [-0.2, 0) is 0 Å². The maximum atomic E-state index is 11.7. The number of nitrogens with zero attached hydrogens (tertiary/aromatic N) is 2. The molecule has 2 rings (SSSR count). The molecule has 1 amide bonds. The lowest BCUT2D eigenvalue weighted by molar-refractivity contribution is 0.0999. The second kappa shape index (κ2) is 6.22. The quantitative estimate of drug-likeness (QED) is 0.871. The van der Waals surface area contributed by atoms with Crippen molar-refractivity contribution in [3.63, 3.8) is 0 Å². The number of piperidine rings is 1. The molecule has 0 bridgehead atoms. The van der Waals surface area contributed by atoms with E-state index < -0.39 is 5.91 Å². The van der Waals surface area contributed by atoms with E-state index in [9.17, 15) is 4.79 Å². The Bertz CT molecular complexity index is 495. The Balaban J connectivity index is 2.23. The van der Waals surface area contributed by atoms with Crippen LogP contribution in [0.4, 0.5) is 5.69 Å². The first-order chi connectivity index (χ1) is 9.49. The van der Waals surface area contributed by atoms with Crippen LogP contribution in [0, 0.1) is 13.8 Å². The summed E-state index contributed by atoms with van der Waals surface area (Å²) in [6.07, 6.45) is 3.70. The molecule has 2 heterocycles. The minimum atomic E-state index is -0.409. The van der Waals surface area contributed by atoms with Gasteiger partial charge in [-0.15, -0.1) is 0 Å². The zero-order valence-electron chi connectivity index (χ0n) is 12.6. The molecule has 1 aromatic rings. The number of hydrogen-bond donors (Lipinski definition) is 2. The maximum Gasteiger partial charge on any atom is 0.252 e. The van der Waals surface area contributed by atoms with Crippen molar-refractivity contribution >= 4 is 11.6 Å². The molecule has 0 saturated carbocycles. The summed E-state index contributed by atoms with van der Waals surface area (Å²) in [4.78, 5) is 18.1. The van der Waals surface area contributed by atoms with Crippen LogP contribution in [0.15, 0.2) is 6.07 Å². The molecule has 3 N–H and O–H groups in total. The molecule has 5 nitrogen and oxygen atoms in total. The minimum absolute atomic E-state index is 0.409. The van der Waals surface area contributed by atoms with Crippen molar-refractivity contribution in [1.29, 1.82) is 0 Å². The summed E-state index contributed by atoms with van der Waals surface area (Å²) in [6.45, 7) is 5.73. The third-order valence-corrected chi connectivity index (χ3v) is 3.87. The lowest BCUT2D eigenvalue weighted by Crippen LogP contribution is -2.43. The second-order valence-electron chi connectivity index (χ2n) is 5.63. The smallest absolute Gasteiger partial charge is 0.252 e. The van der Waals surface area contributed by atoms with Gasteiger partial charge >= 0.3 is 0 Å². The van der Waals surface area contributed by atoms with Gasteiger partial charge in [-0.2, -0.15) is 0 Å². The van der Waals surface area contributed by atoms with E-state index in [-0.39, 0.29) is 0 Å². The molecule has 0 aromatic carbocycles. The van der Waals surface area contributed by atoms with Crippen LogP contribution in [0.2, 0.25) is 0 Å². The van der Waals surface area contributed by atoms with Gasteiger partial charge in [0.05, 0.1) is 16.9 Å². The number of carbonyl (C=O) groups is 1. The highest BCUT2D eigenvalue weighted by atomic mass is 16.1. The van der Waals surface area contributed by atoms with E-state index in [0.29, 0.717) is 17.3 Å². The molecule has 5 heteroatoms. The van der Waals surface area contributed by atoms with Gasteiger partial charge in [-0.25, -0.2) is 0 Å². The highest BCUT2D eigenvalue weighted by Gasteiger charge is 2.20. The molecule has 0 aliphatic carbocycles. The van der Waals surface area contributed by atoms with Crippen molar-refractivity contribution in [3.05, 3.63) is 23.0 Å². The van der Waals surface area contributed by atoms with Crippen molar-refractivity contribution in [2.75, 3.05) is 25.0 Å². The molecule has 20 heavy (non-hydrogen) atoms. The predicted octanol–water partition coefficient (Wildman–Crippen LogP) is 1.38. The number of amides is 1. The number of likely N-dealkylation sites (N-methyl/N-ethyl adjacent to an activating group) is 1. The van der Waals surface area contributed by atoms with E-state index in [1.165, 1.54) is 19.3 Å². The summed E-state index contributed by atoms with van der Waals surface area (Å²) in [6, 6.07) is 2.42. The molecular weight excluding hydrogens is 252 g/mol. The number of primary amides is 1. The van der Waals surface area contributed by atoms with E-state index in [0.717, 1.165) is 24.5 Å². The van der Waals surface area contributed by atoms with Crippen LogP contribution in [0.1, 0.15) is 41.0 Å². The first-order valence-corrected chi connectivity index (χ1v) is 7.21. The van der Waals surface area contributed by atoms with Crippen LogP contribution >= 0.6 is 0 Å².